The highest BCUT2D eigenvalue weighted by Gasteiger charge is 2.01. The summed E-state index contributed by atoms with van der Waals surface area (Å²) in [5, 5.41) is 0. The van der Waals surface area contributed by atoms with E-state index < -0.39 is 0 Å². The van der Waals surface area contributed by atoms with E-state index in [2.05, 4.69) is 113 Å². The van der Waals surface area contributed by atoms with Crippen LogP contribution in [0.15, 0.2) is 92.0 Å². The summed E-state index contributed by atoms with van der Waals surface area (Å²) in [7, 11) is 0. The van der Waals surface area contributed by atoms with Gasteiger partial charge in [0, 0.05) is 0 Å². The third kappa shape index (κ3) is 7.75. The van der Waals surface area contributed by atoms with Crippen molar-refractivity contribution in [3.05, 3.63) is 114 Å². The quantitative estimate of drug-likeness (QED) is 0.334. The highest BCUT2D eigenvalue weighted by Crippen LogP contribution is 2.22. The van der Waals surface area contributed by atoms with Gasteiger partial charge in [0.15, 0.2) is 0 Å². The summed E-state index contributed by atoms with van der Waals surface area (Å²) >= 11 is 0. The van der Waals surface area contributed by atoms with Crippen LogP contribution in [0.25, 0.3) is 16.7 Å². The van der Waals surface area contributed by atoms with Gasteiger partial charge in [0.05, 0.1) is 0 Å². The van der Waals surface area contributed by atoms with Crippen molar-refractivity contribution in [2.45, 2.75) is 34.1 Å². The van der Waals surface area contributed by atoms with Crippen LogP contribution in [0.2, 0.25) is 0 Å². The first-order valence-electron chi connectivity index (χ1n) is 9.83. The number of hydrogen-bond donors (Lipinski definition) is 0. The lowest BCUT2D eigenvalue weighted by Gasteiger charge is -2.07. The Balaban J connectivity index is 0.000000771. The Kier molecular flexibility index (Phi) is 10.7. The summed E-state index contributed by atoms with van der Waals surface area (Å²) < 4.78 is 0. The van der Waals surface area contributed by atoms with Crippen molar-refractivity contribution in [1.29, 1.82) is 0 Å². The molecule has 0 saturated heterocycles. The van der Waals surface area contributed by atoms with Gasteiger partial charge < -0.3 is 4.79 Å². The molecule has 0 aliphatic carbocycles. The number of benzene rings is 3. The summed E-state index contributed by atoms with van der Waals surface area (Å²) in [6, 6.07) is 26.1. The molecule has 150 valence electrons. The molecule has 1 nitrogen and oxygen atoms in total. The second-order valence-electron chi connectivity index (χ2n) is 6.71. The van der Waals surface area contributed by atoms with Crippen molar-refractivity contribution in [3.8, 4) is 11.1 Å². The predicted octanol–water partition coefficient (Wildman–Crippen LogP) is 7.62. The van der Waals surface area contributed by atoms with Crippen molar-refractivity contribution in [2.75, 3.05) is 0 Å². The van der Waals surface area contributed by atoms with Crippen LogP contribution in [0.3, 0.4) is 0 Å². The van der Waals surface area contributed by atoms with E-state index in [4.69, 9.17) is 4.79 Å². The molecule has 0 aliphatic heterocycles. The van der Waals surface area contributed by atoms with E-state index in [0.29, 0.717) is 0 Å². The van der Waals surface area contributed by atoms with Gasteiger partial charge in [-0.25, -0.2) is 0 Å². The molecule has 0 spiro atoms. The fourth-order valence-corrected chi connectivity index (χ4v) is 3.05. The lowest BCUT2D eigenvalue weighted by atomic mass is 9.98. The van der Waals surface area contributed by atoms with Crippen molar-refractivity contribution in [2.24, 2.45) is 0 Å². The molecule has 3 aromatic carbocycles. The molecular weight excluding hydrogens is 352 g/mol. The number of aldehydes is 1. The highest BCUT2D eigenvalue weighted by molar-refractivity contribution is 5.67. The van der Waals surface area contributed by atoms with E-state index in [1.807, 2.05) is 0 Å². The maximum Gasteiger partial charge on any atom is 0.116 e. The Morgan fingerprint density at radius 1 is 0.862 bits per heavy atom. The number of rotatable bonds is 4. The van der Waals surface area contributed by atoms with Gasteiger partial charge in [-0.15, -0.1) is 13.2 Å². The van der Waals surface area contributed by atoms with Gasteiger partial charge in [-0.05, 0) is 67.5 Å². The number of hydrogen-bond acceptors (Lipinski definition) is 1. The van der Waals surface area contributed by atoms with E-state index in [0.717, 1.165) is 12.7 Å². The molecule has 0 N–H and O–H groups in total. The van der Waals surface area contributed by atoms with Crippen molar-refractivity contribution < 1.29 is 4.79 Å². The fourth-order valence-electron chi connectivity index (χ4n) is 3.05. The molecule has 0 aliphatic rings. The first-order valence-corrected chi connectivity index (χ1v) is 9.83. The average molecular weight is 385 g/mol. The zero-order valence-corrected chi connectivity index (χ0v) is 18.1. The van der Waals surface area contributed by atoms with Crippen molar-refractivity contribution in [3.63, 3.8) is 0 Å². The maximum absolute atomic E-state index is 8.81. The van der Waals surface area contributed by atoms with Gasteiger partial charge in [-0.1, -0.05) is 84.4 Å². The zero-order chi connectivity index (χ0) is 21.6. The van der Waals surface area contributed by atoms with Gasteiger partial charge in [-0.2, -0.15) is 0 Å². The molecule has 0 fully saturated rings. The minimum absolute atomic E-state index is 0.750. The van der Waals surface area contributed by atoms with Crippen LogP contribution in [0.4, 0.5) is 0 Å². The third-order valence-corrected chi connectivity index (χ3v) is 4.52. The Morgan fingerprint density at radius 2 is 1.48 bits per heavy atom. The van der Waals surface area contributed by atoms with Crippen LogP contribution in [0.1, 0.15) is 36.1 Å². The van der Waals surface area contributed by atoms with E-state index in [1.54, 1.807) is 0 Å². The van der Waals surface area contributed by atoms with E-state index >= 15 is 0 Å². The highest BCUT2D eigenvalue weighted by atomic mass is 16.1. The topological polar surface area (TPSA) is 17.1 Å². The first kappa shape index (κ1) is 23.8. The van der Waals surface area contributed by atoms with Crippen LogP contribution < -0.4 is 0 Å². The smallest absolute Gasteiger partial charge is 0.116 e. The monoisotopic (exact) mass is 384 g/mol. The average Bonchev–Trinajstić information content (AvgIpc) is 2.75. The number of aryl methyl sites for hydroxylation is 2. The Bertz CT molecular complexity index is 917. The molecule has 0 aromatic heterocycles. The lowest BCUT2D eigenvalue weighted by molar-refractivity contribution is -0.106. The number of allylic oxidation sites excluding steroid dienone is 2. The Labute approximate surface area is 176 Å². The number of carbonyl (C=O) groups is 1. The van der Waals surface area contributed by atoms with Gasteiger partial charge in [0.25, 0.3) is 0 Å². The van der Waals surface area contributed by atoms with Crippen LogP contribution >= 0.6 is 0 Å². The molecule has 3 rings (SSSR count). The van der Waals surface area contributed by atoms with Crippen LogP contribution in [-0.4, -0.2) is 6.29 Å². The second-order valence-corrected chi connectivity index (χ2v) is 6.71. The van der Waals surface area contributed by atoms with Gasteiger partial charge in [0.1, 0.15) is 6.29 Å². The molecule has 0 atom stereocenters. The molecule has 29 heavy (non-hydrogen) atoms. The molecule has 0 amide bonds. The third-order valence-electron chi connectivity index (χ3n) is 4.52. The molecule has 0 heterocycles. The van der Waals surface area contributed by atoms with Gasteiger partial charge in [-0.3, -0.25) is 0 Å². The lowest BCUT2D eigenvalue weighted by Crippen LogP contribution is -1.87. The summed E-state index contributed by atoms with van der Waals surface area (Å²) in [5.41, 5.74) is 9.23. The minimum atomic E-state index is 0.750. The second kappa shape index (κ2) is 13.1. The van der Waals surface area contributed by atoms with Crippen LogP contribution in [-0.2, 0) is 11.2 Å². The van der Waals surface area contributed by atoms with E-state index in [-0.39, 0.29) is 0 Å². The molecule has 0 saturated carbocycles. The summed E-state index contributed by atoms with van der Waals surface area (Å²) in [6.45, 7) is 13.9. The van der Waals surface area contributed by atoms with Gasteiger partial charge in [0.2, 0.25) is 0 Å². The maximum atomic E-state index is 8.81. The van der Waals surface area contributed by atoms with Crippen LogP contribution in [0, 0.1) is 13.8 Å². The molecule has 1 heteroatoms. The summed E-state index contributed by atoms with van der Waals surface area (Å²) in [4.78, 5) is 8.81. The van der Waals surface area contributed by atoms with E-state index in [1.165, 1.54) is 45.9 Å². The standard InChI is InChI=1S/C24H24.C2H4O.C2H4/c1-18-7-6-9-23(17-18)22-15-13-21(14-16-22)12-11-20(3)24-10-5-4-8-19(24)2;1-2-3;1-2/h4-11,13-17H,12H2,1-3H3;2H,1H3;1-2H2/b20-11-;;. The molecule has 0 unspecified atom stereocenters. The molecular formula is C28H32O. The molecule has 3 aromatic rings. The van der Waals surface area contributed by atoms with Crippen LogP contribution in [0.5, 0.6) is 0 Å². The SMILES string of the molecule is C/C(=C/Cc1ccc(-c2cccc(C)c2)cc1)c1ccccc1C.C=C.CC=O. The predicted molar refractivity (Wildman–Crippen MR) is 128 cm³/mol. The summed E-state index contributed by atoms with van der Waals surface area (Å²) in [6.07, 6.45) is 4.04. The Hall–Kier alpha value is -3.19. The first-order chi connectivity index (χ1) is 14.0. The van der Waals surface area contributed by atoms with Gasteiger partial charge >= 0.3 is 0 Å². The zero-order valence-electron chi connectivity index (χ0n) is 18.1. The summed E-state index contributed by atoms with van der Waals surface area (Å²) in [5.74, 6) is 0. The number of carbonyl (C=O) groups excluding carboxylic acids is 1. The normalized spacial score (nSPS) is 10.1. The fraction of sp³-hybridized carbons (Fsp3) is 0.179. The largest absolute Gasteiger partial charge is 0.304 e. The molecule has 0 radical (unpaired) electrons. The molecule has 0 bridgehead atoms. The Morgan fingerprint density at radius 3 is 2.07 bits per heavy atom. The van der Waals surface area contributed by atoms with E-state index in [9.17, 15) is 0 Å². The van der Waals surface area contributed by atoms with Crippen molar-refractivity contribution in [1.82, 2.24) is 0 Å². The minimum Gasteiger partial charge on any atom is -0.304 e. The van der Waals surface area contributed by atoms with Crippen molar-refractivity contribution >= 4 is 11.9 Å².